The number of carboxylic acids is 4. The molecule has 0 aliphatic carbocycles. The average Bonchev–Trinajstić information content (AvgIpc) is 2.81. The molecule has 0 fully saturated rings. The summed E-state index contributed by atoms with van der Waals surface area (Å²) >= 11 is 0. The smallest absolute Gasteiger partial charge is 0.303 e. The van der Waals surface area contributed by atoms with Gasteiger partial charge in [0.15, 0.2) is 0 Å². The number of aliphatic carboxylic acids is 4. The molecule has 0 amide bonds. The van der Waals surface area contributed by atoms with Gasteiger partial charge in [-0.1, -0.05) is 25.7 Å². The van der Waals surface area contributed by atoms with Gasteiger partial charge >= 0.3 is 23.9 Å². The molecule has 0 aromatic heterocycles. The van der Waals surface area contributed by atoms with Crippen LogP contribution < -0.4 is 0 Å². The van der Waals surface area contributed by atoms with Gasteiger partial charge in [0.1, 0.15) is 0 Å². The van der Waals surface area contributed by atoms with Gasteiger partial charge in [-0.25, -0.2) is 0 Å². The van der Waals surface area contributed by atoms with Crippen molar-refractivity contribution in [2.75, 3.05) is 37.0 Å². The predicted molar refractivity (Wildman–Crippen MR) is 152 cm³/mol. The Balaban J connectivity index is 4.56. The summed E-state index contributed by atoms with van der Waals surface area (Å²) in [7, 11) is -0.244. The molecule has 4 N–H and O–H groups in total. The van der Waals surface area contributed by atoms with Gasteiger partial charge in [-0.3, -0.25) is 19.2 Å². The van der Waals surface area contributed by atoms with Crippen molar-refractivity contribution < 1.29 is 39.6 Å². The van der Waals surface area contributed by atoms with Gasteiger partial charge in [0, 0.05) is 25.7 Å². The van der Waals surface area contributed by atoms with Crippen LogP contribution >= 0.6 is 15.8 Å². The first-order valence-corrected chi connectivity index (χ1v) is 17.8. The van der Waals surface area contributed by atoms with E-state index in [1.807, 2.05) is 0 Å². The van der Waals surface area contributed by atoms with Crippen LogP contribution in [0.1, 0.15) is 109 Å². The third kappa shape index (κ3) is 27.6. The second-order valence-corrected chi connectivity index (χ2v) is 15.2. The van der Waals surface area contributed by atoms with Crippen molar-refractivity contribution >= 4 is 39.7 Å². The Morgan fingerprint density at radius 1 is 0.324 bits per heavy atom. The van der Waals surface area contributed by atoms with Crippen LogP contribution in [0.4, 0.5) is 0 Å². The van der Waals surface area contributed by atoms with Gasteiger partial charge in [-0.15, -0.1) is 15.8 Å². The van der Waals surface area contributed by atoms with Crippen molar-refractivity contribution in [3.8, 4) is 0 Å². The maximum Gasteiger partial charge on any atom is 0.303 e. The van der Waals surface area contributed by atoms with Gasteiger partial charge in [0.05, 0.1) is 0 Å². The van der Waals surface area contributed by atoms with E-state index in [2.05, 4.69) is 0 Å². The molecule has 37 heavy (non-hydrogen) atoms. The van der Waals surface area contributed by atoms with Crippen LogP contribution in [0.2, 0.25) is 0 Å². The number of carbonyl (C=O) groups is 4. The third-order valence-corrected chi connectivity index (χ3v) is 12.1. The molecule has 0 bridgehead atoms. The highest BCUT2D eigenvalue weighted by atomic mass is 31.1. The lowest BCUT2D eigenvalue weighted by Gasteiger charge is -2.21. The summed E-state index contributed by atoms with van der Waals surface area (Å²) in [6.45, 7) is 0. The number of hydrogen-bond acceptors (Lipinski definition) is 4. The molecule has 0 aromatic rings. The molecule has 0 spiro atoms. The van der Waals surface area contributed by atoms with E-state index in [4.69, 9.17) is 20.4 Å². The number of rotatable bonds is 28. The van der Waals surface area contributed by atoms with E-state index in [1.54, 1.807) is 0 Å². The summed E-state index contributed by atoms with van der Waals surface area (Å²) < 4.78 is 0. The zero-order valence-electron chi connectivity index (χ0n) is 22.6. The predicted octanol–water partition coefficient (Wildman–Crippen LogP) is 6.92. The second kappa shape index (κ2) is 25.0. The highest BCUT2D eigenvalue weighted by Gasteiger charge is 2.13. The van der Waals surface area contributed by atoms with E-state index in [9.17, 15) is 19.2 Å². The van der Waals surface area contributed by atoms with E-state index in [0.29, 0.717) is 0 Å². The standard InChI is InChI=1S/C27H50O8P2/c28-24(29)14-5-1-9-18-36(19-10-2-6-15-25(30)31)22-13-23-37(20-11-3-7-16-26(32)33)21-12-4-8-17-27(34)35/h1-23H2,(H,28,29)(H,30,31)(H,32,33)(H,34,35). The Morgan fingerprint density at radius 3 is 0.757 bits per heavy atom. The summed E-state index contributed by atoms with van der Waals surface area (Å²) in [5, 5.41) is 35.4. The van der Waals surface area contributed by atoms with E-state index < -0.39 is 23.9 Å². The van der Waals surface area contributed by atoms with Crippen molar-refractivity contribution in [3.05, 3.63) is 0 Å². The van der Waals surface area contributed by atoms with Crippen LogP contribution in [0, 0.1) is 0 Å². The fourth-order valence-electron chi connectivity index (χ4n) is 4.34. The van der Waals surface area contributed by atoms with E-state index in [-0.39, 0.29) is 41.5 Å². The molecule has 0 radical (unpaired) electrons. The molecule has 0 aliphatic heterocycles. The minimum Gasteiger partial charge on any atom is -0.481 e. The van der Waals surface area contributed by atoms with Crippen LogP contribution in [0.3, 0.4) is 0 Å². The quantitative estimate of drug-likeness (QED) is 0.0591. The van der Waals surface area contributed by atoms with E-state index in [0.717, 1.165) is 102 Å². The van der Waals surface area contributed by atoms with Gasteiger partial charge < -0.3 is 20.4 Å². The Kier molecular flexibility index (Phi) is 24.2. The molecule has 216 valence electrons. The van der Waals surface area contributed by atoms with Crippen molar-refractivity contribution in [1.82, 2.24) is 0 Å². The van der Waals surface area contributed by atoms with Gasteiger partial charge in [0.2, 0.25) is 0 Å². The van der Waals surface area contributed by atoms with Crippen molar-refractivity contribution in [3.63, 3.8) is 0 Å². The lowest BCUT2D eigenvalue weighted by molar-refractivity contribution is -0.138. The molecule has 0 atom stereocenters. The minimum atomic E-state index is -0.736. The summed E-state index contributed by atoms with van der Waals surface area (Å²) in [5.41, 5.74) is 0. The summed E-state index contributed by atoms with van der Waals surface area (Å²) in [6, 6.07) is 0. The summed E-state index contributed by atoms with van der Waals surface area (Å²) in [5.74, 6) is -2.94. The van der Waals surface area contributed by atoms with Crippen molar-refractivity contribution in [2.24, 2.45) is 0 Å². The molecule has 0 rings (SSSR count). The number of carboxylic acid groups (broad SMARTS) is 4. The minimum absolute atomic E-state index is 0.122. The Morgan fingerprint density at radius 2 is 0.541 bits per heavy atom. The highest BCUT2D eigenvalue weighted by Crippen LogP contribution is 2.43. The van der Waals surface area contributed by atoms with Crippen LogP contribution in [0.5, 0.6) is 0 Å². The Labute approximate surface area is 225 Å². The van der Waals surface area contributed by atoms with E-state index in [1.165, 1.54) is 18.7 Å². The Hall–Kier alpha value is -1.26. The largest absolute Gasteiger partial charge is 0.481 e. The molecular formula is C27H50O8P2. The molecule has 0 heterocycles. The first-order chi connectivity index (χ1) is 17.7. The molecule has 0 aliphatic rings. The normalized spacial score (nSPS) is 11.3. The average molecular weight is 565 g/mol. The van der Waals surface area contributed by atoms with Crippen molar-refractivity contribution in [2.45, 2.75) is 109 Å². The maximum atomic E-state index is 10.7. The van der Waals surface area contributed by atoms with Gasteiger partial charge in [0.25, 0.3) is 0 Å². The molecule has 0 saturated heterocycles. The van der Waals surface area contributed by atoms with Crippen molar-refractivity contribution in [1.29, 1.82) is 0 Å². The lowest BCUT2D eigenvalue weighted by Crippen LogP contribution is -2.02. The molecular weight excluding hydrogens is 514 g/mol. The number of unbranched alkanes of at least 4 members (excludes halogenated alkanes) is 8. The summed E-state index contributed by atoms with van der Waals surface area (Å²) in [4.78, 5) is 43.0. The fourth-order valence-corrected chi connectivity index (χ4v) is 9.83. The molecule has 10 heteroatoms. The lowest BCUT2D eigenvalue weighted by atomic mass is 10.2. The summed E-state index contributed by atoms with van der Waals surface area (Å²) in [6.07, 6.45) is 20.2. The molecule has 8 nitrogen and oxygen atoms in total. The van der Waals surface area contributed by atoms with Crippen LogP contribution in [-0.4, -0.2) is 81.3 Å². The monoisotopic (exact) mass is 564 g/mol. The second-order valence-electron chi connectivity index (χ2n) is 9.85. The van der Waals surface area contributed by atoms with Crippen LogP contribution in [0.15, 0.2) is 0 Å². The van der Waals surface area contributed by atoms with Gasteiger partial charge in [-0.2, -0.15) is 0 Å². The van der Waals surface area contributed by atoms with Crippen LogP contribution in [-0.2, 0) is 19.2 Å². The highest BCUT2D eigenvalue weighted by molar-refractivity contribution is 7.58. The SMILES string of the molecule is O=C(O)CCCCCP(CCCCCC(=O)O)CCCP(CCCCCC(=O)O)CCCCCC(=O)O. The van der Waals surface area contributed by atoms with Gasteiger partial charge in [-0.05, 0) is 94.8 Å². The maximum absolute atomic E-state index is 10.7. The Bertz CT molecular complexity index is 530. The third-order valence-electron chi connectivity index (χ3n) is 6.41. The molecule has 0 saturated carbocycles. The first kappa shape index (κ1) is 35.7. The fraction of sp³-hybridized carbons (Fsp3) is 0.852. The van der Waals surface area contributed by atoms with Crippen LogP contribution in [0.25, 0.3) is 0 Å². The first-order valence-electron chi connectivity index (χ1n) is 14.0. The number of hydrogen-bond donors (Lipinski definition) is 4. The zero-order valence-corrected chi connectivity index (χ0v) is 24.4. The topological polar surface area (TPSA) is 149 Å². The molecule has 0 aromatic carbocycles. The van der Waals surface area contributed by atoms with E-state index >= 15 is 0 Å². The zero-order chi connectivity index (χ0) is 27.7. The molecule has 0 unspecified atom stereocenters.